The number of carbonyl (C=O) groups is 1. The smallest absolute Gasteiger partial charge is 0.318 e. The van der Waals surface area contributed by atoms with Crippen LogP contribution in [-0.4, -0.2) is 84.1 Å². The van der Waals surface area contributed by atoms with Crippen molar-refractivity contribution in [3.63, 3.8) is 0 Å². The van der Waals surface area contributed by atoms with Crippen LogP contribution < -0.4 is 14.5 Å². The van der Waals surface area contributed by atoms with Crippen molar-refractivity contribution in [1.29, 1.82) is 5.26 Å². The third kappa shape index (κ3) is 6.15. The van der Waals surface area contributed by atoms with E-state index in [1.165, 1.54) is 73.3 Å². The molecule has 0 bridgehead atoms. The molecule has 240 valence electrons. The molecule has 3 fully saturated rings. The van der Waals surface area contributed by atoms with Gasteiger partial charge >= 0.3 is 6.01 Å². The summed E-state index contributed by atoms with van der Waals surface area (Å²) in [5, 5.41) is 12.1. The van der Waals surface area contributed by atoms with Crippen molar-refractivity contribution < 1.29 is 9.53 Å². The largest absolute Gasteiger partial charge is 0.463 e. The molecule has 9 nitrogen and oxygen atoms in total. The summed E-state index contributed by atoms with van der Waals surface area (Å²) in [5.41, 5.74) is 4.84. The number of nitrogens with zero attached hydrogens (tertiary/aromatic N) is 7. The highest BCUT2D eigenvalue weighted by molar-refractivity contribution is 5.97. The van der Waals surface area contributed by atoms with E-state index in [1.807, 2.05) is 0 Å². The quantitative estimate of drug-likeness (QED) is 0.300. The molecular formula is C37H45N7O2. The van der Waals surface area contributed by atoms with Gasteiger partial charge < -0.3 is 24.3 Å². The van der Waals surface area contributed by atoms with Crippen LogP contribution in [-0.2, 0) is 17.8 Å². The Kier molecular flexibility index (Phi) is 8.56. The van der Waals surface area contributed by atoms with Gasteiger partial charge in [-0.25, -0.2) is 0 Å². The molecule has 0 radical (unpaired) electrons. The summed E-state index contributed by atoms with van der Waals surface area (Å²) < 4.78 is 6.53. The first kappa shape index (κ1) is 30.5. The molecule has 1 atom stereocenters. The van der Waals surface area contributed by atoms with Crippen LogP contribution in [0.5, 0.6) is 6.01 Å². The standard InChI is InChI=1S/C37H45N7O2/c1-3-33(45)44-22-21-43(23-29(44)13-17-38)35-30-14-20-42(32-12-8-11-28-10-7-9-27(2)34(28)32)24-31(30)39-36(40-35)46-26-37(15-16-37)25-41-18-5-4-6-19-41/h3,7-12,29H,1,4-6,13-16,18-26H2,2H3. The van der Waals surface area contributed by atoms with Crippen molar-refractivity contribution in [2.24, 2.45) is 5.41 Å². The number of piperazine rings is 1. The number of carbonyl (C=O) groups excluding carboxylic acids is 1. The Morgan fingerprint density at radius 3 is 2.63 bits per heavy atom. The molecule has 46 heavy (non-hydrogen) atoms. The third-order valence-corrected chi connectivity index (χ3v) is 10.5. The van der Waals surface area contributed by atoms with Gasteiger partial charge in [-0.2, -0.15) is 15.2 Å². The van der Waals surface area contributed by atoms with Gasteiger partial charge in [-0.15, -0.1) is 0 Å². The van der Waals surface area contributed by atoms with Crippen LogP contribution >= 0.6 is 0 Å². The molecule has 0 spiro atoms. The summed E-state index contributed by atoms with van der Waals surface area (Å²) in [6.07, 6.45) is 8.71. The van der Waals surface area contributed by atoms with E-state index in [-0.39, 0.29) is 23.8 Å². The van der Waals surface area contributed by atoms with Crippen molar-refractivity contribution in [2.75, 3.05) is 62.2 Å². The number of aryl methyl sites for hydroxylation is 1. The van der Waals surface area contributed by atoms with Crippen molar-refractivity contribution in [1.82, 2.24) is 19.8 Å². The van der Waals surface area contributed by atoms with Gasteiger partial charge in [0.05, 0.1) is 37.4 Å². The van der Waals surface area contributed by atoms with Crippen LogP contribution in [0.4, 0.5) is 11.5 Å². The van der Waals surface area contributed by atoms with E-state index in [0.29, 0.717) is 38.8 Å². The van der Waals surface area contributed by atoms with Gasteiger partial charge in [0, 0.05) is 54.8 Å². The molecule has 9 heteroatoms. The average molecular weight is 620 g/mol. The van der Waals surface area contributed by atoms with Gasteiger partial charge in [-0.1, -0.05) is 43.3 Å². The second-order valence-electron chi connectivity index (χ2n) is 13.7. The summed E-state index contributed by atoms with van der Waals surface area (Å²) in [5.74, 6) is 0.765. The zero-order valence-corrected chi connectivity index (χ0v) is 27.1. The molecular weight excluding hydrogens is 574 g/mol. The first-order valence-electron chi connectivity index (χ1n) is 17.0. The number of hydrogen-bond acceptors (Lipinski definition) is 8. The second kappa shape index (κ2) is 12.9. The summed E-state index contributed by atoms with van der Waals surface area (Å²) in [4.78, 5) is 31.9. The Bertz CT molecular complexity index is 1650. The number of likely N-dealkylation sites (tertiary alicyclic amines) is 1. The van der Waals surface area contributed by atoms with E-state index in [2.05, 4.69) is 70.7 Å². The Morgan fingerprint density at radius 2 is 1.87 bits per heavy atom. The molecule has 1 saturated carbocycles. The van der Waals surface area contributed by atoms with E-state index >= 15 is 0 Å². The number of rotatable bonds is 9. The summed E-state index contributed by atoms with van der Waals surface area (Å²) in [7, 11) is 0. The van der Waals surface area contributed by atoms with Crippen LogP contribution in [0.15, 0.2) is 49.1 Å². The molecule has 1 aromatic heterocycles. The Hall–Kier alpha value is -4.16. The van der Waals surface area contributed by atoms with E-state index in [4.69, 9.17) is 14.7 Å². The van der Waals surface area contributed by atoms with E-state index in [9.17, 15) is 10.1 Å². The molecule has 1 aliphatic carbocycles. The molecule has 3 aromatic rings. The predicted molar refractivity (Wildman–Crippen MR) is 181 cm³/mol. The molecule has 4 heterocycles. The van der Waals surface area contributed by atoms with Gasteiger partial charge in [0.2, 0.25) is 5.91 Å². The number of aromatic nitrogens is 2. The highest BCUT2D eigenvalue weighted by Crippen LogP contribution is 2.47. The molecule has 2 saturated heterocycles. The van der Waals surface area contributed by atoms with E-state index < -0.39 is 0 Å². The number of nitriles is 1. The van der Waals surface area contributed by atoms with Gasteiger partial charge in [-0.05, 0) is 75.2 Å². The zero-order valence-electron chi connectivity index (χ0n) is 27.1. The number of benzene rings is 2. The molecule has 3 aliphatic heterocycles. The normalized spacial score (nSPS) is 21.0. The maximum Gasteiger partial charge on any atom is 0.318 e. The maximum absolute atomic E-state index is 12.6. The highest BCUT2D eigenvalue weighted by atomic mass is 16.5. The van der Waals surface area contributed by atoms with Crippen molar-refractivity contribution in [3.8, 4) is 12.1 Å². The van der Waals surface area contributed by atoms with Crippen LogP contribution in [0.3, 0.4) is 0 Å². The minimum atomic E-state index is -0.225. The van der Waals surface area contributed by atoms with Crippen LogP contribution in [0.25, 0.3) is 10.8 Å². The van der Waals surface area contributed by atoms with Crippen LogP contribution in [0.1, 0.15) is 55.3 Å². The first-order valence-corrected chi connectivity index (χ1v) is 17.0. The van der Waals surface area contributed by atoms with E-state index in [1.54, 1.807) is 4.90 Å². The number of anilines is 2. The third-order valence-electron chi connectivity index (χ3n) is 10.5. The summed E-state index contributed by atoms with van der Waals surface area (Å²) in [6, 6.07) is 15.5. The SMILES string of the molecule is C=CC(=O)N1CCN(c2nc(OCC3(CN4CCCCC4)CC3)nc3c2CCN(c2cccc4cccc(C)c24)C3)CC1CC#N. The second-order valence-corrected chi connectivity index (χ2v) is 13.7. The van der Waals surface area contributed by atoms with Crippen molar-refractivity contribution in [3.05, 3.63) is 65.9 Å². The minimum Gasteiger partial charge on any atom is -0.463 e. The Labute approximate surface area is 272 Å². The van der Waals surface area contributed by atoms with Crippen molar-refractivity contribution in [2.45, 2.75) is 64.5 Å². The lowest BCUT2D eigenvalue weighted by molar-refractivity contribution is -0.128. The molecule has 2 aromatic carbocycles. The van der Waals surface area contributed by atoms with E-state index in [0.717, 1.165) is 36.6 Å². The summed E-state index contributed by atoms with van der Waals surface area (Å²) in [6.45, 7) is 13.2. The fraction of sp³-hybridized carbons (Fsp3) is 0.514. The number of piperidine rings is 1. The lowest BCUT2D eigenvalue weighted by Gasteiger charge is -2.42. The highest BCUT2D eigenvalue weighted by Gasteiger charge is 2.45. The number of fused-ring (bicyclic) bond motifs is 2. The topological polar surface area (TPSA) is 88.8 Å². The van der Waals surface area contributed by atoms with Gasteiger partial charge in [0.15, 0.2) is 0 Å². The lowest BCUT2D eigenvalue weighted by atomic mass is 9.99. The number of amides is 1. The molecule has 4 aliphatic rings. The zero-order chi connectivity index (χ0) is 31.7. The molecule has 7 rings (SSSR count). The number of hydrogen-bond donors (Lipinski definition) is 0. The Morgan fingerprint density at radius 1 is 1.07 bits per heavy atom. The monoisotopic (exact) mass is 619 g/mol. The molecule has 1 unspecified atom stereocenters. The maximum atomic E-state index is 12.6. The molecule has 1 amide bonds. The fourth-order valence-electron chi connectivity index (χ4n) is 7.76. The van der Waals surface area contributed by atoms with Gasteiger partial charge in [0.1, 0.15) is 5.82 Å². The predicted octanol–water partition coefficient (Wildman–Crippen LogP) is 5.26. The number of ether oxygens (including phenoxy) is 1. The first-order chi connectivity index (χ1) is 22.5. The summed E-state index contributed by atoms with van der Waals surface area (Å²) >= 11 is 0. The Balaban J connectivity index is 1.19. The average Bonchev–Trinajstić information content (AvgIpc) is 3.86. The van der Waals surface area contributed by atoms with Gasteiger partial charge in [-0.3, -0.25) is 4.79 Å². The van der Waals surface area contributed by atoms with Crippen molar-refractivity contribution >= 4 is 28.2 Å². The van der Waals surface area contributed by atoms with Gasteiger partial charge in [0.25, 0.3) is 0 Å². The van der Waals surface area contributed by atoms with Crippen LogP contribution in [0.2, 0.25) is 0 Å². The van der Waals surface area contributed by atoms with Crippen LogP contribution in [0, 0.1) is 23.7 Å². The fourth-order valence-corrected chi connectivity index (χ4v) is 7.76. The molecule has 0 N–H and O–H groups in total. The minimum absolute atomic E-state index is 0.127. The lowest BCUT2D eigenvalue weighted by Crippen LogP contribution is -2.55.